The molecule has 2 N–H and O–H groups in total. The lowest BCUT2D eigenvalue weighted by Gasteiger charge is -2.37. The number of ether oxygens (including phenoxy) is 1. The van der Waals surface area contributed by atoms with Crippen molar-refractivity contribution in [2.75, 3.05) is 6.61 Å². The number of benzene rings is 2. The third-order valence-electron chi connectivity index (χ3n) is 7.30. The number of primary amides is 1. The van der Waals surface area contributed by atoms with Gasteiger partial charge in [-0.25, -0.2) is 9.13 Å². The van der Waals surface area contributed by atoms with E-state index in [-0.39, 0.29) is 34.8 Å². The van der Waals surface area contributed by atoms with Crippen LogP contribution < -0.4 is 27.3 Å². The lowest BCUT2D eigenvalue weighted by molar-refractivity contribution is -0.703. The van der Waals surface area contributed by atoms with Gasteiger partial charge in [-0.05, 0) is 36.3 Å². The molecule has 6 nitrogen and oxygen atoms in total. The molecule has 0 spiro atoms. The van der Waals surface area contributed by atoms with Crippen molar-refractivity contribution in [3.63, 3.8) is 0 Å². The quantitative estimate of drug-likeness (QED) is 0.249. The maximum atomic E-state index is 13.3. The Morgan fingerprint density at radius 2 is 1.66 bits per heavy atom. The van der Waals surface area contributed by atoms with Crippen molar-refractivity contribution in [3.05, 3.63) is 90.0 Å². The molecule has 0 saturated heterocycles. The Hall–Kier alpha value is -2.93. The Balaban J connectivity index is 0.00000342. The third kappa shape index (κ3) is 5.35. The van der Waals surface area contributed by atoms with Crippen molar-refractivity contribution in [3.8, 4) is 0 Å². The van der Waals surface area contributed by atoms with Gasteiger partial charge in [-0.3, -0.25) is 9.59 Å². The molecule has 0 radical (unpaired) electrons. The van der Waals surface area contributed by atoms with Gasteiger partial charge in [-0.2, -0.15) is 0 Å². The Kier molecular flexibility index (Phi) is 8.89. The number of aromatic nitrogens is 2. The van der Waals surface area contributed by atoms with E-state index in [4.69, 9.17) is 10.5 Å². The van der Waals surface area contributed by atoms with Crippen LogP contribution in [0.15, 0.2) is 73.1 Å². The van der Waals surface area contributed by atoms with Crippen LogP contribution in [0.1, 0.15) is 55.6 Å². The summed E-state index contributed by atoms with van der Waals surface area (Å²) in [6.45, 7) is 4.77. The molecule has 1 aliphatic carbocycles. The summed E-state index contributed by atoms with van der Waals surface area (Å²) < 4.78 is 9.59. The van der Waals surface area contributed by atoms with Gasteiger partial charge in [0.15, 0.2) is 0 Å². The first kappa shape index (κ1) is 26.7. The Morgan fingerprint density at radius 3 is 2.20 bits per heavy atom. The summed E-state index contributed by atoms with van der Waals surface area (Å²) in [4.78, 5) is 24.3. The third-order valence-corrected chi connectivity index (χ3v) is 7.30. The van der Waals surface area contributed by atoms with E-state index in [1.807, 2.05) is 60.7 Å². The number of esters is 1. The fourth-order valence-corrected chi connectivity index (χ4v) is 5.72. The Labute approximate surface area is 217 Å². The summed E-state index contributed by atoms with van der Waals surface area (Å²) in [5.41, 5.74) is 7.30. The number of nitrogens with two attached hydrogens (primary N) is 1. The minimum atomic E-state index is -0.863. The number of hydrogen-bond acceptors (Lipinski definition) is 3. The number of hydrogen-bond donors (Lipinski definition) is 1. The number of carbonyl (C=O) groups is 2. The van der Waals surface area contributed by atoms with E-state index in [1.54, 1.807) is 0 Å². The zero-order valence-electron chi connectivity index (χ0n) is 20.4. The molecule has 7 heteroatoms. The second-order valence-corrected chi connectivity index (χ2v) is 9.21. The number of rotatable bonds is 9. The van der Waals surface area contributed by atoms with E-state index in [0.29, 0.717) is 12.6 Å². The van der Waals surface area contributed by atoms with Gasteiger partial charge in [0.1, 0.15) is 23.9 Å². The topological polar surface area (TPSA) is 78.2 Å². The lowest BCUT2D eigenvalue weighted by atomic mass is 9.64. The van der Waals surface area contributed by atoms with Gasteiger partial charge in [-0.15, -0.1) is 0 Å². The second kappa shape index (κ2) is 11.7. The molecule has 3 aromatic rings. The van der Waals surface area contributed by atoms with Crippen molar-refractivity contribution >= 4 is 11.9 Å². The SMILES string of the molecule is CC(=O)OCCC[n+]1ccn(C2CCC(C(C(N)=O)(c3ccccc3)c3ccccc3)C2)c1C.[Br-]. The summed E-state index contributed by atoms with van der Waals surface area (Å²) >= 11 is 0. The lowest BCUT2D eigenvalue weighted by Crippen LogP contribution is -3.00. The highest BCUT2D eigenvalue weighted by Gasteiger charge is 2.51. The standard InChI is InChI=1S/C28H33N3O3.BrH/c1-21-30(16-9-19-34-22(2)32)17-18-31(21)26-15-14-25(20-26)28(27(29)33,23-10-5-3-6-11-23)24-12-7-4-8-13-24;/h3-8,10-13,17-18,25-26H,9,14-16,19-20H2,1-2H3,(H-,29,33);1H. The fourth-order valence-electron chi connectivity index (χ4n) is 5.72. The van der Waals surface area contributed by atoms with Crippen LogP contribution in [0.3, 0.4) is 0 Å². The number of halogens is 1. The van der Waals surface area contributed by atoms with E-state index in [9.17, 15) is 9.59 Å². The van der Waals surface area contributed by atoms with Gasteiger partial charge in [0.05, 0.1) is 13.2 Å². The predicted molar refractivity (Wildman–Crippen MR) is 130 cm³/mol. The average molecular weight is 541 g/mol. The predicted octanol–water partition coefficient (Wildman–Crippen LogP) is 0.854. The molecule has 2 unspecified atom stereocenters. The molecule has 35 heavy (non-hydrogen) atoms. The summed E-state index contributed by atoms with van der Waals surface area (Å²) in [7, 11) is 0. The maximum Gasteiger partial charge on any atom is 0.302 e. The molecule has 0 bridgehead atoms. The van der Waals surface area contributed by atoms with E-state index < -0.39 is 5.41 Å². The number of carbonyl (C=O) groups excluding carboxylic acids is 2. The average Bonchev–Trinajstić information content (AvgIpc) is 3.45. The molecular weight excluding hydrogens is 506 g/mol. The molecule has 1 fully saturated rings. The number of imidazole rings is 1. The van der Waals surface area contributed by atoms with Gasteiger partial charge in [0.2, 0.25) is 5.91 Å². The smallest absolute Gasteiger partial charge is 0.302 e. The summed E-state index contributed by atoms with van der Waals surface area (Å²) in [5.74, 6) is 0.725. The van der Waals surface area contributed by atoms with Crippen LogP contribution in [0.2, 0.25) is 0 Å². The first-order valence-electron chi connectivity index (χ1n) is 12.1. The first-order valence-corrected chi connectivity index (χ1v) is 12.1. The Bertz CT molecular complexity index is 1090. The number of nitrogens with zero attached hydrogens (tertiary/aromatic N) is 2. The number of amides is 1. The van der Waals surface area contributed by atoms with E-state index >= 15 is 0 Å². The maximum absolute atomic E-state index is 13.3. The highest BCUT2D eigenvalue weighted by Crippen LogP contribution is 2.49. The van der Waals surface area contributed by atoms with Crippen LogP contribution in [0.5, 0.6) is 0 Å². The molecule has 1 aliphatic rings. The van der Waals surface area contributed by atoms with Gasteiger partial charge >= 0.3 is 5.97 Å². The molecule has 186 valence electrons. The van der Waals surface area contributed by atoms with Crippen LogP contribution in [-0.2, 0) is 26.3 Å². The minimum Gasteiger partial charge on any atom is -1.00 e. The molecule has 1 aromatic heterocycles. The zero-order valence-corrected chi connectivity index (χ0v) is 22.0. The molecule has 2 aromatic carbocycles. The number of aryl methyl sites for hydroxylation is 1. The van der Waals surface area contributed by atoms with Gasteiger partial charge in [0.25, 0.3) is 5.82 Å². The van der Waals surface area contributed by atoms with Crippen LogP contribution in [0, 0.1) is 12.8 Å². The first-order chi connectivity index (χ1) is 16.4. The van der Waals surface area contributed by atoms with E-state index in [1.165, 1.54) is 6.92 Å². The van der Waals surface area contributed by atoms with Gasteiger partial charge in [0, 0.05) is 20.3 Å². The van der Waals surface area contributed by atoms with Crippen molar-refractivity contribution in [1.82, 2.24) is 4.57 Å². The fraction of sp³-hybridized carbons (Fsp3) is 0.393. The highest BCUT2D eigenvalue weighted by molar-refractivity contribution is 5.91. The molecule has 1 heterocycles. The van der Waals surface area contributed by atoms with Gasteiger partial charge in [-0.1, -0.05) is 60.7 Å². The van der Waals surface area contributed by atoms with E-state index in [0.717, 1.165) is 49.2 Å². The van der Waals surface area contributed by atoms with Crippen molar-refractivity contribution in [2.45, 2.75) is 57.5 Å². The largest absolute Gasteiger partial charge is 1.00 e. The molecule has 1 amide bonds. The monoisotopic (exact) mass is 539 g/mol. The second-order valence-electron chi connectivity index (χ2n) is 9.21. The van der Waals surface area contributed by atoms with Crippen LogP contribution in [-0.4, -0.2) is 23.1 Å². The van der Waals surface area contributed by atoms with Crippen LogP contribution in [0.4, 0.5) is 0 Å². The minimum absolute atomic E-state index is 0. The van der Waals surface area contributed by atoms with Crippen molar-refractivity contribution in [2.24, 2.45) is 11.7 Å². The van der Waals surface area contributed by atoms with Crippen molar-refractivity contribution < 1.29 is 35.9 Å². The normalized spacial score (nSPS) is 17.5. The summed E-state index contributed by atoms with van der Waals surface area (Å²) in [6, 6.07) is 20.3. The van der Waals surface area contributed by atoms with E-state index in [2.05, 4.69) is 28.5 Å². The van der Waals surface area contributed by atoms with Crippen molar-refractivity contribution in [1.29, 1.82) is 0 Å². The molecular formula is C28H34BrN3O3. The Morgan fingerprint density at radius 1 is 1.06 bits per heavy atom. The summed E-state index contributed by atoms with van der Waals surface area (Å²) in [5, 5.41) is 0. The molecule has 0 aliphatic heterocycles. The molecule has 2 atom stereocenters. The highest BCUT2D eigenvalue weighted by atomic mass is 79.9. The molecule has 1 saturated carbocycles. The zero-order chi connectivity index (χ0) is 24.1. The molecule has 4 rings (SSSR count). The van der Waals surface area contributed by atoms with Crippen LogP contribution in [0.25, 0.3) is 0 Å². The van der Waals surface area contributed by atoms with Gasteiger partial charge < -0.3 is 27.5 Å². The van der Waals surface area contributed by atoms with Crippen LogP contribution >= 0.6 is 0 Å². The summed E-state index contributed by atoms with van der Waals surface area (Å²) in [6.07, 6.45) is 7.77.